The quantitative estimate of drug-likeness (QED) is 0.607. The fraction of sp³-hybridized carbons (Fsp3) is 0.625. The van der Waals surface area contributed by atoms with Crippen LogP contribution in [-0.4, -0.2) is 35.1 Å². The van der Waals surface area contributed by atoms with Crippen molar-refractivity contribution in [3.63, 3.8) is 0 Å². The summed E-state index contributed by atoms with van der Waals surface area (Å²) in [5, 5.41) is 27.4. The number of hydrogen-bond donors (Lipinski definition) is 3. The van der Waals surface area contributed by atoms with Gasteiger partial charge in [-0.2, -0.15) is 0 Å². The summed E-state index contributed by atoms with van der Waals surface area (Å²) < 4.78 is 0. The summed E-state index contributed by atoms with van der Waals surface area (Å²) in [4.78, 5) is 0. The normalized spacial score (nSPS) is 11.7. The van der Waals surface area contributed by atoms with Crippen LogP contribution in [0.2, 0.25) is 0 Å². The molecule has 0 amide bonds. The Bertz CT molecular complexity index is 302. The van der Waals surface area contributed by atoms with Gasteiger partial charge in [0.25, 0.3) is 0 Å². The first-order valence-electron chi connectivity index (χ1n) is 7.08. The van der Waals surface area contributed by atoms with Crippen LogP contribution in [0.15, 0.2) is 24.3 Å². The number of hydrogen-bond acceptors (Lipinski definition) is 3. The molecule has 1 aromatic carbocycles. The van der Waals surface area contributed by atoms with Gasteiger partial charge in [0, 0.05) is 19.8 Å². The van der Waals surface area contributed by atoms with Crippen LogP contribution in [0.25, 0.3) is 0 Å². The summed E-state index contributed by atoms with van der Waals surface area (Å²) in [6.45, 7) is 0.539. The Morgan fingerprint density at radius 2 is 1.21 bits per heavy atom. The Morgan fingerprint density at radius 3 is 1.58 bits per heavy atom. The zero-order valence-electron chi connectivity index (χ0n) is 11.5. The molecule has 0 aliphatic heterocycles. The van der Waals surface area contributed by atoms with Crippen molar-refractivity contribution >= 4 is 0 Å². The van der Waals surface area contributed by atoms with Crippen LogP contribution in [0.1, 0.15) is 44.1 Å². The van der Waals surface area contributed by atoms with Crippen molar-refractivity contribution in [1.29, 1.82) is 0 Å². The Balaban J connectivity index is 2.94. The molecule has 0 spiro atoms. The summed E-state index contributed by atoms with van der Waals surface area (Å²) in [5.74, 6) is 0. The molecule has 0 aliphatic carbocycles. The maximum absolute atomic E-state index is 9.12. The molecule has 0 fully saturated rings. The number of aliphatic hydroxyl groups is 3. The van der Waals surface area contributed by atoms with E-state index in [0.29, 0.717) is 0 Å². The number of aliphatic hydroxyl groups excluding tert-OH is 3. The summed E-state index contributed by atoms with van der Waals surface area (Å²) in [5.41, 5.74) is 1.17. The molecule has 0 saturated heterocycles. The van der Waals surface area contributed by atoms with Gasteiger partial charge < -0.3 is 15.3 Å². The Labute approximate surface area is 115 Å². The second kappa shape index (κ2) is 9.08. The van der Waals surface area contributed by atoms with Gasteiger partial charge in [0.1, 0.15) is 0 Å². The van der Waals surface area contributed by atoms with E-state index in [-0.39, 0.29) is 25.2 Å². The van der Waals surface area contributed by atoms with Crippen molar-refractivity contribution in [2.45, 2.75) is 43.9 Å². The van der Waals surface area contributed by atoms with Crippen LogP contribution in [0, 0.1) is 6.07 Å². The van der Waals surface area contributed by atoms with Crippen LogP contribution >= 0.6 is 0 Å². The molecule has 3 heteroatoms. The van der Waals surface area contributed by atoms with Crippen LogP contribution in [0.4, 0.5) is 0 Å². The smallest absolute Gasteiger partial charge is 0.0431 e. The van der Waals surface area contributed by atoms with Crippen molar-refractivity contribution in [2.75, 3.05) is 19.8 Å². The zero-order chi connectivity index (χ0) is 14.0. The predicted octanol–water partition coefficient (Wildman–Crippen LogP) is 2.04. The lowest BCUT2D eigenvalue weighted by molar-refractivity contribution is 0.205. The molecule has 3 N–H and O–H groups in total. The van der Waals surface area contributed by atoms with Gasteiger partial charge in [-0.15, -0.1) is 0 Å². The average molecular weight is 265 g/mol. The summed E-state index contributed by atoms with van der Waals surface area (Å²) in [7, 11) is 0. The molecule has 0 unspecified atom stereocenters. The van der Waals surface area contributed by atoms with E-state index in [4.69, 9.17) is 15.3 Å². The van der Waals surface area contributed by atoms with Crippen molar-refractivity contribution in [3.8, 4) is 0 Å². The third-order valence-electron chi connectivity index (χ3n) is 3.77. The van der Waals surface area contributed by atoms with Crippen molar-refractivity contribution in [1.82, 2.24) is 0 Å². The molecule has 0 bridgehead atoms. The van der Waals surface area contributed by atoms with Gasteiger partial charge in [-0.25, -0.2) is 0 Å². The Morgan fingerprint density at radius 1 is 0.789 bits per heavy atom. The fourth-order valence-corrected chi connectivity index (χ4v) is 2.80. The topological polar surface area (TPSA) is 60.7 Å². The molecule has 1 radical (unpaired) electrons. The van der Waals surface area contributed by atoms with E-state index in [1.165, 1.54) is 5.56 Å². The van der Waals surface area contributed by atoms with E-state index >= 15 is 0 Å². The summed E-state index contributed by atoms with van der Waals surface area (Å²) >= 11 is 0. The lowest BCUT2D eigenvalue weighted by Crippen LogP contribution is -2.27. The fourth-order valence-electron chi connectivity index (χ4n) is 2.80. The molecule has 1 rings (SSSR count). The van der Waals surface area contributed by atoms with Crippen molar-refractivity contribution in [2.24, 2.45) is 0 Å². The molecule has 19 heavy (non-hydrogen) atoms. The van der Waals surface area contributed by atoms with Gasteiger partial charge >= 0.3 is 0 Å². The highest BCUT2D eigenvalue weighted by Crippen LogP contribution is 2.38. The van der Waals surface area contributed by atoms with Crippen LogP contribution < -0.4 is 0 Å². The Kier molecular flexibility index (Phi) is 7.72. The highest BCUT2D eigenvalue weighted by molar-refractivity contribution is 5.25. The molecule has 107 valence electrons. The lowest BCUT2D eigenvalue weighted by Gasteiger charge is -2.35. The SMILES string of the molecule is OCCCC(CCCO)(CCCO)c1cc[c]cc1. The van der Waals surface area contributed by atoms with Gasteiger partial charge in [-0.3, -0.25) is 0 Å². The van der Waals surface area contributed by atoms with Crippen molar-refractivity contribution in [3.05, 3.63) is 35.9 Å². The first-order valence-corrected chi connectivity index (χ1v) is 7.08. The molecular formula is C16H25O3. The summed E-state index contributed by atoms with van der Waals surface area (Å²) in [6, 6.07) is 11.0. The van der Waals surface area contributed by atoms with Crippen LogP contribution in [-0.2, 0) is 5.41 Å². The third kappa shape index (κ3) is 4.94. The molecule has 1 aromatic rings. The maximum atomic E-state index is 9.12. The molecule has 0 atom stereocenters. The average Bonchev–Trinajstić information content (AvgIpc) is 2.48. The standard InChI is InChI=1S/C16H25O3/c17-12-4-9-16(10-5-13-18,11-6-14-19)15-7-2-1-3-8-15/h2-3,7-8,17-19H,4-6,9-14H2. The van der Waals surface area contributed by atoms with Gasteiger partial charge in [0.05, 0.1) is 0 Å². The molecular weight excluding hydrogens is 240 g/mol. The second-order valence-corrected chi connectivity index (χ2v) is 5.05. The van der Waals surface area contributed by atoms with Crippen LogP contribution in [0.5, 0.6) is 0 Å². The predicted molar refractivity (Wildman–Crippen MR) is 75.9 cm³/mol. The molecule has 0 heterocycles. The van der Waals surface area contributed by atoms with Crippen LogP contribution in [0.3, 0.4) is 0 Å². The van der Waals surface area contributed by atoms with E-state index in [9.17, 15) is 0 Å². The first-order chi connectivity index (χ1) is 9.29. The molecule has 0 saturated carbocycles. The second-order valence-electron chi connectivity index (χ2n) is 5.05. The lowest BCUT2D eigenvalue weighted by atomic mass is 9.70. The zero-order valence-corrected chi connectivity index (χ0v) is 11.5. The number of benzene rings is 1. The molecule has 0 aliphatic rings. The van der Waals surface area contributed by atoms with Crippen molar-refractivity contribution < 1.29 is 15.3 Å². The minimum atomic E-state index is -0.0523. The highest BCUT2D eigenvalue weighted by Gasteiger charge is 2.30. The van der Waals surface area contributed by atoms with E-state index < -0.39 is 0 Å². The largest absolute Gasteiger partial charge is 0.396 e. The Hall–Kier alpha value is -0.900. The minimum absolute atomic E-state index is 0.0523. The molecule has 0 aromatic heterocycles. The van der Waals surface area contributed by atoms with E-state index in [2.05, 4.69) is 18.2 Å². The third-order valence-corrected chi connectivity index (χ3v) is 3.77. The summed E-state index contributed by atoms with van der Waals surface area (Å²) in [6.07, 6.45) is 4.88. The van der Waals surface area contributed by atoms with E-state index in [1.54, 1.807) is 0 Å². The van der Waals surface area contributed by atoms with E-state index in [1.807, 2.05) is 12.1 Å². The number of rotatable bonds is 10. The minimum Gasteiger partial charge on any atom is -0.396 e. The van der Waals surface area contributed by atoms with Gasteiger partial charge in [-0.05, 0) is 55.6 Å². The van der Waals surface area contributed by atoms with E-state index in [0.717, 1.165) is 38.5 Å². The first kappa shape index (κ1) is 16.2. The van der Waals surface area contributed by atoms with Gasteiger partial charge in [-0.1, -0.05) is 24.3 Å². The monoisotopic (exact) mass is 265 g/mol. The highest BCUT2D eigenvalue weighted by atomic mass is 16.3. The van der Waals surface area contributed by atoms with Gasteiger partial charge in [0.15, 0.2) is 0 Å². The molecule has 3 nitrogen and oxygen atoms in total. The maximum Gasteiger partial charge on any atom is 0.0431 e. The van der Waals surface area contributed by atoms with Gasteiger partial charge in [0.2, 0.25) is 0 Å².